The number of rotatable bonds is 5. The monoisotopic (exact) mass is 297 g/mol. The summed E-state index contributed by atoms with van der Waals surface area (Å²) in [4.78, 5) is 28.2. The van der Waals surface area contributed by atoms with Crippen LogP contribution < -0.4 is 10.6 Å². The van der Waals surface area contributed by atoms with E-state index in [1.54, 1.807) is 4.90 Å². The maximum atomic E-state index is 11.2. The lowest BCUT2D eigenvalue weighted by Gasteiger charge is -2.29. The molecule has 0 saturated heterocycles. The Morgan fingerprint density at radius 1 is 1.40 bits per heavy atom. The minimum atomic E-state index is -1.08. The third kappa shape index (κ3) is 3.39. The normalized spacial score (nSPS) is 15.2. The molecule has 3 N–H and O–H groups in total. The van der Waals surface area contributed by atoms with Gasteiger partial charge in [-0.1, -0.05) is 24.4 Å². The Morgan fingerprint density at radius 2 is 2.05 bits per heavy atom. The first kappa shape index (κ1) is 14.6. The highest BCUT2D eigenvalue weighted by Gasteiger charge is 2.26. The van der Waals surface area contributed by atoms with Crippen LogP contribution in [0.15, 0.2) is 12.1 Å². The maximum Gasteiger partial charge on any atom is 0.335 e. The Labute approximate surface area is 121 Å². The lowest BCUT2D eigenvalue weighted by Crippen LogP contribution is -2.40. The van der Waals surface area contributed by atoms with Crippen LogP contribution in [-0.2, 0) is 4.79 Å². The Morgan fingerprint density at radius 3 is 2.60 bits per heavy atom. The summed E-state index contributed by atoms with van der Waals surface area (Å²) in [5.41, 5.74) is 5.33. The van der Waals surface area contributed by atoms with Gasteiger partial charge in [0.1, 0.15) is 11.0 Å². The molecule has 6 nitrogen and oxygen atoms in total. The number of aromatic carboxylic acids is 1. The highest BCUT2D eigenvalue weighted by molar-refractivity contribution is 6.29. The van der Waals surface area contributed by atoms with Crippen LogP contribution >= 0.6 is 11.6 Å². The molecule has 1 aromatic heterocycles. The summed E-state index contributed by atoms with van der Waals surface area (Å²) in [5, 5.41) is 9.16. The van der Waals surface area contributed by atoms with Crippen LogP contribution in [0.3, 0.4) is 0 Å². The second-order valence-corrected chi connectivity index (χ2v) is 5.26. The zero-order chi connectivity index (χ0) is 14.7. The summed E-state index contributed by atoms with van der Waals surface area (Å²) in [6.45, 7) is 0.0110. The molecule has 1 aliphatic carbocycles. The summed E-state index contributed by atoms with van der Waals surface area (Å²) < 4.78 is 0. The first-order valence-electron chi connectivity index (χ1n) is 6.43. The van der Waals surface area contributed by atoms with E-state index in [0.29, 0.717) is 5.82 Å². The standard InChI is InChI=1S/C13H16ClN3O3/c14-10-5-8(13(19)20)6-12(16-10)17(7-11(15)18)9-3-1-2-4-9/h5-6,9H,1-4,7H2,(H2,15,18)(H,19,20). The zero-order valence-corrected chi connectivity index (χ0v) is 11.6. The fraction of sp³-hybridized carbons (Fsp3) is 0.462. The van der Waals surface area contributed by atoms with Gasteiger partial charge in [-0.3, -0.25) is 4.79 Å². The van der Waals surface area contributed by atoms with Crippen molar-refractivity contribution in [2.45, 2.75) is 31.7 Å². The topological polar surface area (TPSA) is 96.5 Å². The highest BCUT2D eigenvalue weighted by atomic mass is 35.5. The molecule has 108 valence electrons. The number of anilines is 1. The van der Waals surface area contributed by atoms with Crippen molar-refractivity contribution in [2.75, 3.05) is 11.4 Å². The van der Waals surface area contributed by atoms with Crippen LogP contribution in [0.4, 0.5) is 5.82 Å². The Hall–Kier alpha value is -1.82. The van der Waals surface area contributed by atoms with Crippen LogP contribution in [0.5, 0.6) is 0 Å². The van der Waals surface area contributed by atoms with Gasteiger partial charge in [-0.15, -0.1) is 0 Å². The van der Waals surface area contributed by atoms with Crippen molar-refractivity contribution in [3.63, 3.8) is 0 Å². The van der Waals surface area contributed by atoms with Gasteiger partial charge in [0, 0.05) is 6.04 Å². The number of carbonyl (C=O) groups excluding carboxylic acids is 1. The molecule has 0 aliphatic heterocycles. The molecule has 0 spiro atoms. The number of carboxylic acid groups (broad SMARTS) is 1. The number of primary amides is 1. The minimum absolute atomic E-state index is 0.0110. The van der Waals surface area contributed by atoms with E-state index < -0.39 is 11.9 Å². The lowest BCUT2D eigenvalue weighted by atomic mass is 10.2. The zero-order valence-electron chi connectivity index (χ0n) is 10.9. The molecule has 0 bridgehead atoms. The van der Waals surface area contributed by atoms with E-state index in [0.717, 1.165) is 25.7 Å². The van der Waals surface area contributed by atoms with Gasteiger partial charge in [0.25, 0.3) is 0 Å². The summed E-state index contributed by atoms with van der Waals surface area (Å²) in [6, 6.07) is 2.86. The second-order valence-electron chi connectivity index (χ2n) is 4.87. The molecule has 1 amide bonds. The van der Waals surface area contributed by atoms with E-state index in [9.17, 15) is 9.59 Å². The number of nitrogens with two attached hydrogens (primary N) is 1. The fourth-order valence-electron chi connectivity index (χ4n) is 2.53. The molecule has 1 saturated carbocycles. The molecule has 2 rings (SSSR count). The van der Waals surface area contributed by atoms with Gasteiger partial charge in [0.05, 0.1) is 12.1 Å². The molecular formula is C13H16ClN3O3. The van der Waals surface area contributed by atoms with Crippen molar-refractivity contribution in [3.05, 3.63) is 22.8 Å². The molecule has 0 radical (unpaired) electrons. The molecule has 0 aromatic carbocycles. The van der Waals surface area contributed by atoms with E-state index in [-0.39, 0.29) is 23.3 Å². The number of carbonyl (C=O) groups is 2. The average Bonchev–Trinajstić information content (AvgIpc) is 2.88. The Bertz CT molecular complexity index is 530. The first-order chi connectivity index (χ1) is 9.47. The predicted octanol–water partition coefficient (Wildman–Crippen LogP) is 1.67. The molecule has 0 unspecified atom stereocenters. The SMILES string of the molecule is NC(=O)CN(c1cc(C(=O)O)cc(Cl)n1)C1CCCC1. The maximum absolute atomic E-state index is 11.2. The fourth-order valence-corrected chi connectivity index (χ4v) is 2.74. The summed E-state index contributed by atoms with van der Waals surface area (Å²) in [6.07, 6.45) is 4.02. The number of aromatic nitrogens is 1. The summed E-state index contributed by atoms with van der Waals surface area (Å²) in [7, 11) is 0. The van der Waals surface area contributed by atoms with Gasteiger partial charge in [-0.2, -0.15) is 0 Å². The summed E-state index contributed by atoms with van der Waals surface area (Å²) >= 11 is 5.86. The number of pyridine rings is 1. The second kappa shape index (κ2) is 6.09. The quantitative estimate of drug-likeness (QED) is 0.806. The van der Waals surface area contributed by atoms with Crippen molar-refractivity contribution in [2.24, 2.45) is 5.73 Å². The summed E-state index contributed by atoms with van der Waals surface area (Å²) in [5.74, 6) is -1.17. The number of hydrogen-bond donors (Lipinski definition) is 2. The van der Waals surface area contributed by atoms with Crippen molar-refractivity contribution >= 4 is 29.3 Å². The Balaban J connectivity index is 2.36. The van der Waals surface area contributed by atoms with E-state index in [4.69, 9.17) is 22.4 Å². The molecule has 0 atom stereocenters. The van der Waals surface area contributed by atoms with E-state index >= 15 is 0 Å². The van der Waals surface area contributed by atoms with Crippen LogP contribution in [0.25, 0.3) is 0 Å². The van der Waals surface area contributed by atoms with Gasteiger partial charge >= 0.3 is 5.97 Å². The van der Waals surface area contributed by atoms with Crippen molar-refractivity contribution in [1.82, 2.24) is 4.98 Å². The van der Waals surface area contributed by atoms with Gasteiger partial charge < -0.3 is 15.7 Å². The number of amides is 1. The lowest BCUT2D eigenvalue weighted by molar-refractivity contribution is -0.116. The number of nitrogens with zero attached hydrogens (tertiary/aromatic N) is 2. The van der Waals surface area contributed by atoms with Crippen LogP contribution in [0, 0.1) is 0 Å². The molecule has 1 fully saturated rings. The van der Waals surface area contributed by atoms with E-state index in [2.05, 4.69) is 4.98 Å². The highest BCUT2D eigenvalue weighted by Crippen LogP contribution is 2.28. The van der Waals surface area contributed by atoms with Crippen LogP contribution in [-0.4, -0.2) is 34.6 Å². The van der Waals surface area contributed by atoms with Crippen molar-refractivity contribution in [3.8, 4) is 0 Å². The third-order valence-corrected chi connectivity index (χ3v) is 3.61. The van der Waals surface area contributed by atoms with Gasteiger partial charge in [0.2, 0.25) is 5.91 Å². The molecule has 1 heterocycles. The number of carboxylic acids is 1. The van der Waals surface area contributed by atoms with Gasteiger partial charge in [-0.25, -0.2) is 9.78 Å². The Kier molecular flexibility index (Phi) is 4.44. The van der Waals surface area contributed by atoms with Crippen LogP contribution in [0.1, 0.15) is 36.0 Å². The molecular weight excluding hydrogens is 282 g/mol. The van der Waals surface area contributed by atoms with Gasteiger partial charge in [-0.05, 0) is 25.0 Å². The smallest absolute Gasteiger partial charge is 0.335 e. The number of halogens is 1. The molecule has 1 aromatic rings. The number of hydrogen-bond acceptors (Lipinski definition) is 4. The van der Waals surface area contributed by atoms with E-state index in [1.807, 2.05) is 0 Å². The third-order valence-electron chi connectivity index (χ3n) is 3.41. The van der Waals surface area contributed by atoms with Gasteiger partial charge in [0.15, 0.2) is 0 Å². The average molecular weight is 298 g/mol. The van der Waals surface area contributed by atoms with Crippen molar-refractivity contribution < 1.29 is 14.7 Å². The molecule has 7 heteroatoms. The first-order valence-corrected chi connectivity index (χ1v) is 6.81. The van der Waals surface area contributed by atoms with E-state index in [1.165, 1.54) is 12.1 Å². The molecule has 1 aliphatic rings. The van der Waals surface area contributed by atoms with Crippen LogP contribution in [0.2, 0.25) is 5.15 Å². The largest absolute Gasteiger partial charge is 0.478 e. The predicted molar refractivity (Wildman–Crippen MR) is 75.0 cm³/mol. The molecule has 20 heavy (non-hydrogen) atoms. The minimum Gasteiger partial charge on any atom is -0.478 e. The van der Waals surface area contributed by atoms with Crippen molar-refractivity contribution in [1.29, 1.82) is 0 Å².